The summed E-state index contributed by atoms with van der Waals surface area (Å²) in [5, 5.41) is 4.94. The first kappa shape index (κ1) is 18.5. The van der Waals surface area contributed by atoms with Crippen LogP contribution >= 0.6 is 0 Å². The Bertz CT molecular complexity index is 1540. The van der Waals surface area contributed by atoms with E-state index in [1.165, 1.54) is 43.8 Å². The largest absolute Gasteiger partial charge is 0.237 e. The monoisotopic (exact) mass is 408 g/mol. The summed E-state index contributed by atoms with van der Waals surface area (Å²) in [6.45, 7) is 0. The van der Waals surface area contributed by atoms with E-state index >= 15 is 0 Å². The summed E-state index contributed by atoms with van der Waals surface area (Å²) >= 11 is 0. The van der Waals surface area contributed by atoms with Gasteiger partial charge in [0.15, 0.2) is 5.82 Å². The van der Waals surface area contributed by atoms with Gasteiger partial charge in [-0.3, -0.25) is 0 Å². The first-order chi connectivity index (χ1) is 15.9. The van der Waals surface area contributed by atoms with E-state index in [2.05, 4.69) is 113 Å². The number of benzene rings is 5. The predicted molar refractivity (Wildman–Crippen MR) is 133 cm³/mol. The molecule has 2 heteroatoms. The Kier molecular flexibility index (Phi) is 4.47. The van der Waals surface area contributed by atoms with Crippen LogP contribution in [0.25, 0.3) is 55.2 Å². The highest BCUT2D eigenvalue weighted by molar-refractivity contribution is 6.21. The van der Waals surface area contributed by atoms with Crippen molar-refractivity contribution in [3.63, 3.8) is 0 Å². The zero-order chi connectivity index (χ0) is 21.3. The highest BCUT2D eigenvalue weighted by Crippen LogP contribution is 2.44. The standard InChI is InChI=1S/C30H20N2/c1-3-10-21(11-4-1)28-24-14-7-8-15-25(24)29(22-12-5-2-6-13-22)27-20-23(16-17-26(27)28)30-31-18-9-19-32-30/h1-20H. The highest BCUT2D eigenvalue weighted by Gasteiger charge is 2.17. The van der Waals surface area contributed by atoms with Gasteiger partial charge in [-0.25, -0.2) is 9.97 Å². The van der Waals surface area contributed by atoms with Crippen LogP contribution in [0.2, 0.25) is 0 Å². The Morgan fingerprint density at radius 2 is 0.875 bits per heavy atom. The fourth-order valence-corrected chi connectivity index (χ4v) is 4.60. The Hall–Kier alpha value is -4.30. The molecule has 0 saturated carbocycles. The lowest BCUT2D eigenvalue weighted by Gasteiger charge is -2.18. The number of nitrogens with zero attached hydrogens (tertiary/aromatic N) is 2. The lowest BCUT2D eigenvalue weighted by molar-refractivity contribution is 1.18. The first-order valence-electron chi connectivity index (χ1n) is 10.8. The minimum absolute atomic E-state index is 0.739. The molecule has 0 spiro atoms. The van der Waals surface area contributed by atoms with Crippen molar-refractivity contribution >= 4 is 21.5 Å². The normalized spacial score (nSPS) is 11.1. The molecule has 0 aliphatic rings. The summed E-state index contributed by atoms with van der Waals surface area (Å²) in [7, 11) is 0. The van der Waals surface area contributed by atoms with E-state index in [9.17, 15) is 0 Å². The number of aromatic nitrogens is 2. The first-order valence-corrected chi connectivity index (χ1v) is 10.8. The van der Waals surface area contributed by atoms with Crippen molar-refractivity contribution in [2.75, 3.05) is 0 Å². The minimum Gasteiger partial charge on any atom is -0.237 e. The maximum atomic E-state index is 4.49. The van der Waals surface area contributed by atoms with Crippen LogP contribution in [0.15, 0.2) is 122 Å². The number of hydrogen-bond donors (Lipinski definition) is 0. The number of rotatable bonds is 3. The van der Waals surface area contributed by atoms with Crippen LogP contribution in [0.4, 0.5) is 0 Å². The van der Waals surface area contributed by atoms with E-state index < -0.39 is 0 Å². The van der Waals surface area contributed by atoms with E-state index in [4.69, 9.17) is 0 Å². The maximum Gasteiger partial charge on any atom is 0.159 e. The Morgan fingerprint density at radius 1 is 0.375 bits per heavy atom. The third kappa shape index (κ3) is 3.05. The Morgan fingerprint density at radius 3 is 1.47 bits per heavy atom. The average Bonchev–Trinajstić information content (AvgIpc) is 2.88. The smallest absolute Gasteiger partial charge is 0.159 e. The van der Waals surface area contributed by atoms with Gasteiger partial charge in [-0.15, -0.1) is 0 Å². The van der Waals surface area contributed by atoms with Crippen LogP contribution in [0, 0.1) is 0 Å². The molecule has 1 aromatic heterocycles. The molecule has 0 radical (unpaired) electrons. The van der Waals surface area contributed by atoms with Gasteiger partial charge in [0.2, 0.25) is 0 Å². The molecule has 0 fully saturated rings. The summed E-state index contributed by atoms with van der Waals surface area (Å²) in [5.74, 6) is 0.739. The molecule has 0 bridgehead atoms. The lowest BCUT2D eigenvalue weighted by atomic mass is 9.85. The molecule has 150 valence electrons. The van der Waals surface area contributed by atoms with Crippen molar-refractivity contribution < 1.29 is 0 Å². The molecule has 6 aromatic rings. The van der Waals surface area contributed by atoms with Crippen molar-refractivity contribution in [1.82, 2.24) is 9.97 Å². The quantitative estimate of drug-likeness (QED) is 0.279. The maximum absolute atomic E-state index is 4.49. The van der Waals surface area contributed by atoms with Crippen LogP contribution in [0.1, 0.15) is 0 Å². The van der Waals surface area contributed by atoms with Gasteiger partial charge in [-0.1, -0.05) is 97.1 Å². The van der Waals surface area contributed by atoms with Crippen LogP contribution in [0.5, 0.6) is 0 Å². The highest BCUT2D eigenvalue weighted by atomic mass is 14.8. The molecule has 5 aromatic carbocycles. The molecule has 0 aliphatic heterocycles. The van der Waals surface area contributed by atoms with Gasteiger partial charge in [0, 0.05) is 18.0 Å². The number of hydrogen-bond acceptors (Lipinski definition) is 2. The van der Waals surface area contributed by atoms with Crippen LogP contribution in [-0.2, 0) is 0 Å². The van der Waals surface area contributed by atoms with Crippen LogP contribution in [-0.4, -0.2) is 9.97 Å². The van der Waals surface area contributed by atoms with E-state index in [0.717, 1.165) is 11.4 Å². The summed E-state index contributed by atoms with van der Waals surface area (Å²) in [5.41, 5.74) is 5.95. The van der Waals surface area contributed by atoms with Gasteiger partial charge in [0.05, 0.1) is 0 Å². The van der Waals surface area contributed by atoms with Crippen molar-refractivity contribution in [2.24, 2.45) is 0 Å². The van der Waals surface area contributed by atoms with Gasteiger partial charge >= 0.3 is 0 Å². The summed E-state index contributed by atoms with van der Waals surface area (Å²) < 4.78 is 0. The van der Waals surface area contributed by atoms with Crippen molar-refractivity contribution in [2.45, 2.75) is 0 Å². The van der Waals surface area contributed by atoms with Gasteiger partial charge in [-0.2, -0.15) is 0 Å². The second kappa shape index (κ2) is 7.75. The topological polar surface area (TPSA) is 25.8 Å². The molecule has 0 unspecified atom stereocenters. The van der Waals surface area contributed by atoms with E-state index in [-0.39, 0.29) is 0 Å². The predicted octanol–water partition coefficient (Wildman–Crippen LogP) is 7.78. The molecule has 0 N–H and O–H groups in total. The molecule has 32 heavy (non-hydrogen) atoms. The fourth-order valence-electron chi connectivity index (χ4n) is 4.60. The van der Waals surface area contributed by atoms with E-state index in [1.807, 2.05) is 6.07 Å². The van der Waals surface area contributed by atoms with Gasteiger partial charge in [-0.05, 0) is 55.9 Å². The molecule has 2 nitrogen and oxygen atoms in total. The molecule has 0 aliphatic carbocycles. The lowest BCUT2D eigenvalue weighted by Crippen LogP contribution is -1.92. The molecule has 6 rings (SSSR count). The van der Waals surface area contributed by atoms with E-state index in [1.54, 1.807) is 12.4 Å². The molecule has 1 heterocycles. The summed E-state index contributed by atoms with van der Waals surface area (Å²) in [4.78, 5) is 8.98. The zero-order valence-corrected chi connectivity index (χ0v) is 17.4. The second-order valence-corrected chi connectivity index (χ2v) is 7.86. The van der Waals surface area contributed by atoms with Crippen molar-refractivity contribution in [3.05, 3.63) is 122 Å². The van der Waals surface area contributed by atoms with Crippen LogP contribution < -0.4 is 0 Å². The number of fused-ring (bicyclic) bond motifs is 2. The third-order valence-electron chi connectivity index (χ3n) is 5.97. The molecule has 0 saturated heterocycles. The zero-order valence-electron chi connectivity index (χ0n) is 17.4. The minimum atomic E-state index is 0.739. The molecular weight excluding hydrogens is 388 g/mol. The second-order valence-electron chi connectivity index (χ2n) is 7.86. The Balaban J connectivity index is 1.80. The van der Waals surface area contributed by atoms with E-state index in [0.29, 0.717) is 0 Å². The third-order valence-corrected chi connectivity index (χ3v) is 5.97. The summed E-state index contributed by atoms with van der Waals surface area (Å²) in [6, 6.07) is 38.5. The molecule has 0 amide bonds. The summed E-state index contributed by atoms with van der Waals surface area (Å²) in [6.07, 6.45) is 3.58. The van der Waals surface area contributed by atoms with Crippen LogP contribution in [0.3, 0.4) is 0 Å². The average molecular weight is 409 g/mol. The van der Waals surface area contributed by atoms with Gasteiger partial charge < -0.3 is 0 Å². The Labute approximate surface area is 186 Å². The molecular formula is C30H20N2. The SMILES string of the molecule is c1ccc(-c2c3ccccc3c(-c3ccccc3)c3cc(-c4ncccn4)ccc23)cc1. The molecule has 0 atom stereocenters. The van der Waals surface area contributed by atoms with Crippen molar-refractivity contribution in [1.29, 1.82) is 0 Å². The van der Waals surface area contributed by atoms with Gasteiger partial charge in [0.1, 0.15) is 0 Å². The van der Waals surface area contributed by atoms with Crippen molar-refractivity contribution in [3.8, 4) is 33.6 Å². The van der Waals surface area contributed by atoms with Gasteiger partial charge in [0.25, 0.3) is 0 Å². The fraction of sp³-hybridized carbons (Fsp3) is 0.